The number of rotatable bonds is 6. The van der Waals surface area contributed by atoms with Gasteiger partial charge < -0.3 is 10.3 Å². The van der Waals surface area contributed by atoms with Crippen LogP contribution in [0.5, 0.6) is 0 Å². The van der Waals surface area contributed by atoms with Gasteiger partial charge in [-0.15, -0.1) is 0 Å². The average Bonchev–Trinajstić information content (AvgIpc) is 3.36. The lowest BCUT2D eigenvalue weighted by Gasteiger charge is -2.25. The van der Waals surface area contributed by atoms with E-state index in [9.17, 15) is 4.79 Å². The molecule has 0 aliphatic carbocycles. The highest BCUT2D eigenvalue weighted by Gasteiger charge is 2.25. The van der Waals surface area contributed by atoms with Gasteiger partial charge in [-0.1, -0.05) is 48.5 Å². The van der Waals surface area contributed by atoms with Gasteiger partial charge in [0.15, 0.2) is 0 Å². The minimum Gasteiger partial charge on any atom is -0.366 e. The first-order valence-corrected chi connectivity index (χ1v) is 11.2. The molecule has 1 aliphatic rings. The number of carbonyl (C=O) groups excluding carboxylic acids is 1. The Morgan fingerprint density at radius 3 is 2.74 bits per heavy atom. The first-order chi connectivity index (χ1) is 15.1. The van der Waals surface area contributed by atoms with Crippen molar-refractivity contribution in [1.82, 2.24) is 9.47 Å². The van der Waals surface area contributed by atoms with E-state index in [0.29, 0.717) is 11.6 Å². The number of nitrogens with two attached hydrogens (primary N) is 1. The molecule has 2 heterocycles. The molecule has 1 saturated heterocycles. The molecule has 0 spiro atoms. The van der Waals surface area contributed by atoms with Gasteiger partial charge in [-0.25, -0.2) is 0 Å². The Kier molecular flexibility index (Phi) is 5.24. The van der Waals surface area contributed by atoms with Crippen LogP contribution in [0.25, 0.3) is 21.7 Å². The van der Waals surface area contributed by atoms with Gasteiger partial charge in [0.1, 0.15) is 0 Å². The quantitative estimate of drug-likeness (QED) is 0.484. The van der Waals surface area contributed by atoms with Gasteiger partial charge in [0.2, 0.25) is 5.91 Å². The SMILES string of the molecule is Cn1c(CCC2CCCN2Cc2cccc3ccccc23)cc2ccc(C(N)=O)cc21. The third-order valence-electron chi connectivity index (χ3n) is 6.92. The molecule has 1 amide bonds. The molecule has 4 heteroatoms. The number of hydrogen-bond acceptors (Lipinski definition) is 2. The van der Waals surface area contributed by atoms with Crippen molar-refractivity contribution in [2.45, 2.75) is 38.3 Å². The average molecular weight is 412 g/mol. The number of nitrogens with zero attached hydrogens (tertiary/aromatic N) is 2. The Hall–Kier alpha value is -3.11. The van der Waals surface area contributed by atoms with Gasteiger partial charge in [-0.3, -0.25) is 9.69 Å². The van der Waals surface area contributed by atoms with Crippen molar-refractivity contribution in [2.24, 2.45) is 12.8 Å². The minimum atomic E-state index is -0.375. The summed E-state index contributed by atoms with van der Waals surface area (Å²) in [6.45, 7) is 2.19. The van der Waals surface area contributed by atoms with Crippen LogP contribution in [0.2, 0.25) is 0 Å². The first-order valence-electron chi connectivity index (χ1n) is 11.2. The molecule has 5 rings (SSSR count). The van der Waals surface area contributed by atoms with E-state index >= 15 is 0 Å². The number of hydrogen-bond donors (Lipinski definition) is 1. The normalized spacial score (nSPS) is 17.0. The van der Waals surface area contributed by atoms with E-state index in [1.807, 2.05) is 18.2 Å². The van der Waals surface area contributed by atoms with Crippen LogP contribution in [0, 0.1) is 0 Å². The number of aromatic nitrogens is 1. The smallest absolute Gasteiger partial charge is 0.248 e. The van der Waals surface area contributed by atoms with Crippen molar-refractivity contribution in [1.29, 1.82) is 0 Å². The summed E-state index contributed by atoms with van der Waals surface area (Å²) in [6, 6.07) is 23.9. The molecule has 31 heavy (non-hydrogen) atoms. The molecular formula is C27H29N3O. The Balaban J connectivity index is 1.32. The van der Waals surface area contributed by atoms with Gasteiger partial charge >= 0.3 is 0 Å². The first kappa shape index (κ1) is 19.8. The lowest BCUT2D eigenvalue weighted by Crippen LogP contribution is -2.29. The molecule has 4 aromatic rings. The number of primary amides is 1. The number of amides is 1. The molecule has 158 valence electrons. The van der Waals surface area contributed by atoms with E-state index in [0.717, 1.165) is 24.9 Å². The third-order valence-corrected chi connectivity index (χ3v) is 6.92. The van der Waals surface area contributed by atoms with Crippen LogP contribution in [0.4, 0.5) is 0 Å². The van der Waals surface area contributed by atoms with E-state index in [2.05, 4.69) is 65.0 Å². The zero-order valence-corrected chi connectivity index (χ0v) is 18.1. The monoisotopic (exact) mass is 411 g/mol. The van der Waals surface area contributed by atoms with Crippen molar-refractivity contribution >= 4 is 27.6 Å². The molecule has 1 atom stereocenters. The molecule has 0 radical (unpaired) electrons. The van der Waals surface area contributed by atoms with Crippen molar-refractivity contribution in [2.75, 3.05) is 6.54 Å². The lowest BCUT2D eigenvalue weighted by atomic mass is 10.0. The summed E-state index contributed by atoms with van der Waals surface area (Å²) in [5.74, 6) is -0.375. The second kappa shape index (κ2) is 8.20. The van der Waals surface area contributed by atoms with Crippen LogP contribution in [0.1, 0.15) is 40.9 Å². The molecule has 0 saturated carbocycles. The van der Waals surface area contributed by atoms with Gasteiger partial charge in [0.05, 0.1) is 0 Å². The predicted octanol–water partition coefficient (Wildman–Crippen LogP) is 5.03. The molecule has 1 unspecified atom stereocenters. The Morgan fingerprint density at radius 1 is 1.03 bits per heavy atom. The fraction of sp³-hybridized carbons (Fsp3) is 0.296. The standard InChI is InChI=1S/C27H29N3O/c1-29-24(16-20-11-12-21(27(28)31)17-26(20)29)14-13-23-9-5-15-30(23)18-22-8-4-7-19-6-2-3-10-25(19)22/h2-4,6-8,10-12,16-17,23H,5,9,13-15,18H2,1H3,(H2,28,31). The summed E-state index contributed by atoms with van der Waals surface area (Å²) in [5, 5.41) is 3.86. The molecule has 0 bridgehead atoms. The molecule has 2 N–H and O–H groups in total. The second-order valence-electron chi connectivity index (χ2n) is 8.78. The van der Waals surface area contributed by atoms with E-state index < -0.39 is 0 Å². The van der Waals surface area contributed by atoms with Gasteiger partial charge in [0.25, 0.3) is 0 Å². The van der Waals surface area contributed by atoms with E-state index in [-0.39, 0.29) is 5.91 Å². The highest BCUT2D eigenvalue weighted by Crippen LogP contribution is 2.28. The molecule has 4 nitrogen and oxygen atoms in total. The van der Waals surface area contributed by atoms with Crippen LogP contribution in [0.15, 0.2) is 66.7 Å². The molecule has 1 fully saturated rings. The van der Waals surface area contributed by atoms with E-state index in [1.54, 1.807) is 0 Å². The van der Waals surface area contributed by atoms with E-state index in [1.165, 1.54) is 46.8 Å². The van der Waals surface area contributed by atoms with Crippen LogP contribution in [-0.2, 0) is 20.0 Å². The largest absolute Gasteiger partial charge is 0.366 e. The van der Waals surface area contributed by atoms with Crippen molar-refractivity contribution in [3.8, 4) is 0 Å². The highest BCUT2D eigenvalue weighted by molar-refractivity contribution is 5.97. The van der Waals surface area contributed by atoms with Crippen molar-refractivity contribution < 1.29 is 4.79 Å². The van der Waals surface area contributed by atoms with E-state index in [4.69, 9.17) is 5.73 Å². The minimum absolute atomic E-state index is 0.375. The fourth-order valence-electron chi connectivity index (χ4n) is 5.17. The number of fused-ring (bicyclic) bond motifs is 2. The lowest BCUT2D eigenvalue weighted by molar-refractivity contribution is 0.100. The van der Waals surface area contributed by atoms with Crippen LogP contribution >= 0.6 is 0 Å². The summed E-state index contributed by atoms with van der Waals surface area (Å²) in [7, 11) is 2.09. The zero-order chi connectivity index (χ0) is 21.4. The second-order valence-corrected chi connectivity index (χ2v) is 8.78. The predicted molar refractivity (Wildman–Crippen MR) is 127 cm³/mol. The number of carbonyl (C=O) groups is 1. The summed E-state index contributed by atoms with van der Waals surface area (Å²) in [5.41, 5.74) is 9.84. The number of aryl methyl sites for hydroxylation is 2. The summed E-state index contributed by atoms with van der Waals surface area (Å²) in [6.07, 6.45) is 4.72. The summed E-state index contributed by atoms with van der Waals surface area (Å²) >= 11 is 0. The Bertz CT molecular complexity index is 1250. The van der Waals surface area contributed by atoms with Gasteiger partial charge in [0, 0.05) is 36.4 Å². The third kappa shape index (κ3) is 3.84. The van der Waals surface area contributed by atoms with Crippen molar-refractivity contribution in [3.05, 3.63) is 83.6 Å². The Morgan fingerprint density at radius 2 is 1.87 bits per heavy atom. The van der Waals surface area contributed by atoms with Gasteiger partial charge in [-0.2, -0.15) is 0 Å². The van der Waals surface area contributed by atoms with Crippen molar-refractivity contribution in [3.63, 3.8) is 0 Å². The van der Waals surface area contributed by atoms with Crippen LogP contribution in [-0.4, -0.2) is 28.0 Å². The topological polar surface area (TPSA) is 51.3 Å². The Labute approximate surface area is 183 Å². The molecular weight excluding hydrogens is 382 g/mol. The summed E-state index contributed by atoms with van der Waals surface area (Å²) < 4.78 is 2.21. The zero-order valence-electron chi connectivity index (χ0n) is 18.1. The number of likely N-dealkylation sites (tertiary alicyclic amines) is 1. The van der Waals surface area contributed by atoms with Gasteiger partial charge in [-0.05, 0) is 72.1 Å². The molecule has 1 aromatic heterocycles. The van der Waals surface area contributed by atoms with Crippen LogP contribution in [0.3, 0.4) is 0 Å². The van der Waals surface area contributed by atoms with Crippen LogP contribution < -0.4 is 5.73 Å². The molecule has 1 aliphatic heterocycles. The fourth-order valence-corrected chi connectivity index (χ4v) is 5.17. The molecule has 3 aromatic carbocycles. The summed E-state index contributed by atoms with van der Waals surface area (Å²) in [4.78, 5) is 14.2. The maximum atomic E-state index is 11.5. The number of benzene rings is 3. The maximum Gasteiger partial charge on any atom is 0.248 e. The highest BCUT2D eigenvalue weighted by atomic mass is 16.1. The maximum absolute atomic E-state index is 11.5.